The minimum absolute atomic E-state index is 0.393. The van der Waals surface area contributed by atoms with E-state index in [1.54, 1.807) is 12.3 Å². The van der Waals surface area contributed by atoms with E-state index in [-0.39, 0.29) is 0 Å². The molecule has 0 aliphatic rings. The van der Waals surface area contributed by atoms with Gasteiger partial charge in [0.2, 0.25) is 16.6 Å². The third-order valence-electron chi connectivity index (χ3n) is 1.73. The van der Waals surface area contributed by atoms with Crippen LogP contribution in [-0.2, 0) is 4.43 Å². The first kappa shape index (κ1) is 15.7. The summed E-state index contributed by atoms with van der Waals surface area (Å²) in [5, 5.41) is 3.03. The fraction of sp³-hybridized carbons (Fsp3) is 0.500. The second-order valence-electron chi connectivity index (χ2n) is 6.20. The summed E-state index contributed by atoms with van der Waals surface area (Å²) in [6, 6.07) is 2.15. The molecule has 0 saturated heterocycles. The van der Waals surface area contributed by atoms with Gasteiger partial charge in [-0.15, -0.1) is 0 Å². The monoisotopic (exact) mass is 297 g/mol. The molecule has 1 aromatic rings. The fourth-order valence-electron chi connectivity index (χ4n) is 1.27. The first-order valence-corrected chi connectivity index (χ1v) is 13.0. The van der Waals surface area contributed by atoms with Crippen LogP contribution in [0.25, 0.3) is 0 Å². The number of anilines is 1. The summed E-state index contributed by atoms with van der Waals surface area (Å²) < 4.78 is 11.5. The Hall–Kier alpha value is -1.35. The lowest BCUT2D eigenvalue weighted by Crippen LogP contribution is -2.30. The highest BCUT2D eigenvalue weighted by Gasteiger charge is 2.19. The minimum atomic E-state index is -1.70. The van der Waals surface area contributed by atoms with Crippen molar-refractivity contribution >= 4 is 22.5 Å². The van der Waals surface area contributed by atoms with Crippen molar-refractivity contribution in [1.82, 2.24) is 9.97 Å². The van der Waals surface area contributed by atoms with Gasteiger partial charge in [0, 0.05) is 6.20 Å². The van der Waals surface area contributed by atoms with E-state index in [9.17, 15) is 0 Å². The first-order valence-electron chi connectivity index (χ1n) is 6.22. The number of hydrogen-bond donors (Lipinski definition) is 1. The predicted octanol–water partition coefficient (Wildman–Crippen LogP) is 3.42. The maximum Gasteiger partial charge on any atom is 0.304 e. The molecule has 0 atom stereocenters. The zero-order chi connectivity index (χ0) is 14.7. The Bertz CT molecular complexity index is 453. The summed E-state index contributed by atoms with van der Waals surface area (Å²) >= 11 is 0. The smallest absolute Gasteiger partial charge is 0.304 e. The molecule has 0 radical (unpaired) electrons. The van der Waals surface area contributed by atoms with Gasteiger partial charge >= 0.3 is 6.01 Å². The average Bonchev–Trinajstić information content (AvgIpc) is 2.11. The number of nitrogens with zero attached hydrogens (tertiary/aromatic N) is 2. The van der Waals surface area contributed by atoms with E-state index < -0.39 is 16.6 Å². The molecule has 1 aromatic heterocycles. The highest BCUT2D eigenvalue weighted by atomic mass is 28.4. The number of aromatic nitrogens is 2. The summed E-state index contributed by atoms with van der Waals surface area (Å²) in [6.07, 6.45) is 1.66. The van der Waals surface area contributed by atoms with Gasteiger partial charge < -0.3 is 14.2 Å². The number of hydrogen-bond acceptors (Lipinski definition) is 5. The standard InChI is InChI=1S/C12H23N3O2Si2/c1-10(16-18(2,3)4)14-11-8-9-13-12(15-11)17-19(5,6)7/h8-9H,1H2,2-7H3,(H,13,14,15). The zero-order valence-electron chi connectivity index (χ0n) is 12.6. The van der Waals surface area contributed by atoms with Gasteiger partial charge in [-0.2, -0.15) is 4.98 Å². The molecule has 0 spiro atoms. The van der Waals surface area contributed by atoms with Crippen LogP contribution in [0.1, 0.15) is 0 Å². The number of nitrogens with one attached hydrogen (secondary N) is 1. The molecule has 19 heavy (non-hydrogen) atoms. The molecule has 106 valence electrons. The van der Waals surface area contributed by atoms with Gasteiger partial charge in [0.1, 0.15) is 5.82 Å². The van der Waals surface area contributed by atoms with Crippen LogP contribution in [0.3, 0.4) is 0 Å². The minimum Gasteiger partial charge on any atom is -0.533 e. The maximum absolute atomic E-state index is 5.74. The quantitative estimate of drug-likeness (QED) is 0.644. The van der Waals surface area contributed by atoms with Gasteiger partial charge in [-0.1, -0.05) is 0 Å². The molecule has 1 heterocycles. The molecule has 0 aliphatic carbocycles. The van der Waals surface area contributed by atoms with Gasteiger partial charge in [0.25, 0.3) is 0 Å². The molecule has 0 aromatic carbocycles. The Morgan fingerprint density at radius 3 is 2.32 bits per heavy atom. The molecule has 0 aliphatic heterocycles. The van der Waals surface area contributed by atoms with Crippen molar-refractivity contribution in [2.45, 2.75) is 39.3 Å². The molecule has 0 unspecified atom stereocenters. The van der Waals surface area contributed by atoms with Crippen LogP contribution in [0.2, 0.25) is 39.3 Å². The molecule has 1 rings (SSSR count). The molecule has 5 nitrogen and oxygen atoms in total. The summed E-state index contributed by atoms with van der Waals surface area (Å²) in [4.78, 5) is 8.40. The third kappa shape index (κ3) is 6.97. The van der Waals surface area contributed by atoms with Gasteiger partial charge in [0.05, 0.1) is 0 Å². The van der Waals surface area contributed by atoms with Gasteiger partial charge in [0.15, 0.2) is 5.88 Å². The van der Waals surface area contributed by atoms with Crippen molar-refractivity contribution < 1.29 is 8.85 Å². The van der Waals surface area contributed by atoms with Crippen LogP contribution in [0.15, 0.2) is 24.7 Å². The zero-order valence-corrected chi connectivity index (χ0v) is 14.6. The molecule has 7 heteroatoms. The van der Waals surface area contributed by atoms with Crippen molar-refractivity contribution in [3.63, 3.8) is 0 Å². The summed E-state index contributed by atoms with van der Waals surface area (Å²) in [5.74, 6) is 1.14. The highest BCUT2D eigenvalue weighted by molar-refractivity contribution is 6.70. The summed E-state index contributed by atoms with van der Waals surface area (Å²) in [6.45, 7) is 16.4. The topological polar surface area (TPSA) is 56.3 Å². The second-order valence-corrected chi connectivity index (χ2v) is 15.1. The first-order chi connectivity index (χ1) is 8.55. The summed E-state index contributed by atoms with van der Waals surface area (Å²) in [7, 11) is -3.35. The van der Waals surface area contributed by atoms with E-state index in [4.69, 9.17) is 8.85 Å². The predicted molar refractivity (Wildman–Crippen MR) is 83.2 cm³/mol. The lowest BCUT2D eigenvalue weighted by molar-refractivity contribution is 0.431. The molecule has 0 saturated carbocycles. The SMILES string of the molecule is C=C(Nc1ccnc(O[Si](C)(C)C)n1)O[Si](C)(C)C. The van der Waals surface area contributed by atoms with E-state index in [2.05, 4.69) is 61.1 Å². The van der Waals surface area contributed by atoms with Crippen LogP contribution in [0.4, 0.5) is 5.82 Å². The van der Waals surface area contributed by atoms with E-state index in [1.807, 2.05) is 0 Å². The van der Waals surface area contributed by atoms with E-state index in [1.165, 1.54) is 0 Å². The van der Waals surface area contributed by atoms with Crippen molar-refractivity contribution in [2.75, 3.05) is 5.32 Å². The van der Waals surface area contributed by atoms with E-state index in [0.29, 0.717) is 17.7 Å². The van der Waals surface area contributed by atoms with Crippen molar-refractivity contribution in [3.05, 3.63) is 24.7 Å². The molecular weight excluding hydrogens is 274 g/mol. The normalized spacial score (nSPS) is 11.9. The molecule has 0 amide bonds. The van der Waals surface area contributed by atoms with Gasteiger partial charge in [-0.25, -0.2) is 4.98 Å². The third-order valence-corrected chi connectivity index (χ3v) is 3.38. The Morgan fingerprint density at radius 1 is 1.16 bits per heavy atom. The highest BCUT2D eigenvalue weighted by Crippen LogP contribution is 2.15. The molecule has 1 N–H and O–H groups in total. The maximum atomic E-state index is 5.74. The van der Waals surface area contributed by atoms with Crippen molar-refractivity contribution in [3.8, 4) is 6.01 Å². The van der Waals surface area contributed by atoms with E-state index >= 15 is 0 Å². The average molecular weight is 298 g/mol. The van der Waals surface area contributed by atoms with Crippen LogP contribution < -0.4 is 9.74 Å². The van der Waals surface area contributed by atoms with E-state index in [0.717, 1.165) is 0 Å². The fourth-order valence-corrected chi connectivity index (χ4v) is 2.71. The Kier molecular flexibility index (Phi) is 4.75. The second kappa shape index (κ2) is 5.74. The Morgan fingerprint density at radius 2 is 1.79 bits per heavy atom. The van der Waals surface area contributed by atoms with Crippen LogP contribution in [-0.4, -0.2) is 26.6 Å². The Balaban J connectivity index is 2.70. The van der Waals surface area contributed by atoms with Gasteiger partial charge in [-0.3, -0.25) is 0 Å². The van der Waals surface area contributed by atoms with Crippen LogP contribution >= 0.6 is 0 Å². The Labute approximate surface area is 117 Å². The van der Waals surface area contributed by atoms with Crippen molar-refractivity contribution in [1.29, 1.82) is 0 Å². The van der Waals surface area contributed by atoms with Crippen molar-refractivity contribution in [2.24, 2.45) is 0 Å². The number of rotatable bonds is 6. The molecule has 0 fully saturated rings. The lowest BCUT2D eigenvalue weighted by Gasteiger charge is -2.22. The van der Waals surface area contributed by atoms with Gasteiger partial charge in [-0.05, 0) is 51.9 Å². The van der Waals surface area contributed by atoms with Crippen LogP contribution in [0, 0.1) is 0 Å². The summed E-state index contributed by atoms with van der Waals surface area (Å²) in [5.41, 5.74) is 0. The molecular formula is C12H23N3O2Si2. The largest absolute Gasteiger partial charge is 0.533 e. The van der Waals surface area contributed by atoms with Crippen LogP contribution in [0.5, 0.6) is 6.01 Å². The lowest BCUT2D eigenvalue weighted by atomic mass is 10.6. The molecule has 0 bridgehead atoms.